The molecule has 0 saturated carbocycles. The third kappa shape index (κ3) is 4.09. The zero-order valence-electron chi connectivity index (χ0n) is 10.8. The van der Waals surface area contributed by atoms with E-state index < -0.39 is 0 Å². The van der Waals surface area contributed by atoms with Crippen molar-refractivity contribution < 1.29 is 9.53 Å². The zero-order valence-corrected chi connectivity index (χ0v) is 13.2. The van der Waals surface area contributed by atoms with Crippen LogP contribution in [0.1, 0.15) is 12.0 Å². The Labute approximate surface area is 127 Å². The highest BCUT2D eigenvalue weighted by atomic mass is 79.9. The average molecular weight is 350 g/mol. The molecule has 0 aliphatic carbocycles. The lowest BCUT2D eigenvalue weighted by Gasteiger charge is -2.16. The number of likely N-dealkylation sites (tertiary alicyclic amines) is 1. The van der Waals surface area contributed by atoms with Crippen molar-refractivity contribution in [1.82, 2.24) is 4.90 Å². The molecule has 2 rings (SSSR count). The zero-order chi connectivity index (χ0) is 13.1. The van der Waals surface area contributed by atoms with Gasteiger partial charge in [-0.3, -0.25) is 4.79 Å². The van der Waals surface area contributed by atoms with Gasteiger partial charge in [0.05, 0.1) is 13.5 Å². The van der Waals surface area contributed by atoms with Crippen molar-refractivity contribution in [2.24, 2.45) is 5.73 Å². The van der Waals surface area contributed by atoms with E-state index in [9.17, 15) is 4.79 Å². The molecule has 19 heavy (non-hydrogen) atoms. The molecule has 106 valence electrons. The number of hydrogen-bond acceptors (Lipinski definition) is 3. The lowest BCUT2D eigenvalue weighted by Crippen LogP contribution is -2.33. The average Bonchev–Trinajstić information content (AvgIpc) is 2.78. The highest BCUT2D eigenvalue weighted by Gasteiger charge is 2.24. The van der Waals surface area contributed by atoms with Crippen LogP contribution in [0.5, 0.6) is 5.75 Å². The molecule has 0 spiro atoms. The van der Waals surface area contributed by atoms with Crippen LogP contribution in [0.3, 0.4) is 0 Å². The van der Waals surface area contributed by atoms with Gasteiger partial charge in [0.25, 0.3) is 0 Å². The monoisotopic (exact) mass is 348 g/mol. The minimum Gasteiger partial charge on any atom is -0.496 e. The fourth-order valence-corrected chi connectivity index (χ4v) is 2.49. The molecule has 1 aliphatic rings. The predicted octanol–water partition coefficient (Wildman–Crippen LogP) is 1.98. The van der Waals surface area contributed by atoms with Gasteiger partial charge < -0.3 is 15.4 Å². The molecule has 0 bridgehead atoms. The highest BCUT2D eigenvalue weighted by Crippen LogP contribution is 2.24. The van der Waals surface area contributed by atoms with Crippen molar-refractivity contribution in [3.63, 3.8) is 0 Å². The predicted molar refractivity (Wildman–Crippen MR) is 80.8 cm³/mol. The van der Waals surface area contributed by atoms with Crippen molar-refractivity contribution >= 4 is 34.2 Å². The summed E-state index contributed by atoms with van der Waals surface area (Å²) in [6.45, 7) is 1.43. The van der Waals surface area contributed by atoms with E-state index in [1.165, 1.54) is 0 Å². The first-order chi connectivity index (χ1) is 8.60. The second-order valence-electron chi connectivity index (χ2n) is 4.52. The van der Waals surface area contributed by atoms with Crippen molar-refractivity contribution in [2.45, 2.75) is 18.9 Å². The maximum absolute atomic E-state index is 12.1. The minimum absolute atomic E-state index is 0. The van der Waals surface area contributed by atoms with E-state index in [-0.39, 0.29) is 24.4 Å². The molecule has 1 aromatic rings. The fraction of sp³-hybridized carbons (Fsp3) is 0.462. The largest absolute Gasteiger partial charge is 0.496 e. The van der Waals surface area contributed by atoms with Crippen molar-refractivity contribution in [3.05, 3.63) is 28.2 Å². The number of ether oxygens (including phenoxy) is 1. The Kier molecular flexibility index (Phi) is 6.10. The van der Waals surface area contributed by atoms with Crippen LogP contribution in [0.4, 0.5) is 0 Å². The van der Waals surface area contributed by atoms with E-state index in [4.69, 9.17) is 10.5 Å². The van der Waals surface area contributed by atoms with Gasteiger partial charge in [0.2, 0.25) is 5.91 Å². The number of benzene rings is 1. The van der Waals surface area contributed by atoms with Gasteiger partial charge in [0.15, 0.2) is 0 Å². The summed E-state index contributed by atoms with van der Waals surface area (Å²) in [6.07, 6.45) is 1.26. The number of nitrogens with two attached hydrogens (primary N) is 1. The molecular formula is C13H18BrClN2O2. The Bertz CT molecular complexity index is 456. The summed E-state index contributed by atoms with van der Waals surface area (Å²) >= 11 is 3.39. The van der Waals surface area contributed by atoms with Gasteiger partial charge in [0, 0.05) is 29.2 Å². The van der Waals surface area contributed by atoms with E-state index >= 15 is 0 Å². The SMILES string of the molecule is COc1cc(Br)ccc1CC(=O)N1CCC(N)C1.Cl. The topological polar surface area (TPSA) is 55.6 Å². The molecule has 1 aromatic carbocycles. The Morgan fingerprint density at radius 3 is 2.89 bits per heavy atom. The molecule has 1 aliphatic heterocycles. The van der Waals surface area contributed by atoms with E-state index in [0.29, 0.717) is 13.0 Å². The maximum Gasteiger partial charge on any atom is 0.227 e. The molecule has 1 atom stereocenters. The number of amides is 1. The van der Waals surface area contributed by atoms with Crippen LogP contribution in [-0.2, 0) is 11.2 Å². The van der Waals surface area contributed by atoms with Crippen molar-refractivity contribution in [1.29, 1.82) is 0 Å². The highest BCUT2D eigenvalue weighted by molar-refractivity contribution is 9.10. The Morgan fingerprint density at radius 1 is 1.58 bits per heavy atom. The van der Waals surface area contributed by atoms with Gasteiger partial charge in [-0.05, 0) is 18.6 Å². The molecule has 1 saturated heterocycles. The number of carbonyl (C=O) groups excluding carboxylic acids is 1. The van der Waals surface area contributed by atoms with E-state index in [1.54, 1.807) is 7.11 Å². The van der Waals surface area contributed by atoms with Crippen LogP contribution in [0, 0.1) is 0 Å². The molecule has 0 aromatic heterocycles. The van der Waals surface area contributed by atoms with Gasteiger partial charge in [-0.15, -0.1) is 12.4 Å². The quantitative estimate of drug-likeness (QED) is 0.908. The van der Waals surface area contributed by atoms with Gasteiger partial charge in [0.1, 0.15) is 5.75 Å². The molecular weight excluding hydrogens is 332 g/mol. The van der Waals surface area contributed by atoms with Gasteiger partial charge in [-0.25, -0.2) is 0 Å². The van der Waals surface area contributed by atoms with Crippen LogP contribution < -0.4 is 10.5 Å². The van der Waals surface area contributed by atoms with Crippen LogP contribution in [0.2, 0.25) is 0 Å². The van der Waals surface area contributed by atoms with Crippen LogP contribution in [0.15, 0.2) is 22.7 Å². The molecule has 1 unspecified atom stereocenters. The molecule has 1 amide bonds. The second-order valence-corrected chi connectivity index (χ2v) is 5.44. The number of halogens is 2. The normalized spacial score (nSPS) is 18.1. The van der Waals surface area contributed by atoms with Gasteiger partial charge in [-0.1, -0.05) is 22.0 Å². The minimum atomic E-state index is 0. The molecule has 0 radical (unpaired) electrons. The number of methoxy groups -OCH3 is 1. The van der Waals surface area contributed by atoms with E-state index in [1.807, 2.05) is 23.1 Å². The van der Waals surface area contributed by atoms with Crippen LogP contribution in [0.25, 0.3) is 0 Å². The van der Waals surface area contributed by atoms with Crippen LogP contribution in [-0.4, -0.2) is 37.0 Å². The summed E-state index contributed by atoms with van der Waals surface area (Å²) in [5, 5.41) is 0. The lowest BCUT2D eigenvalue weighted by atomic mass is 10.1. The van der Waals surface area contributed by atoms with Crippen LogP contribution >= 0.6 is 28.3 Å². The number of carbonyl (C=O) groups is 1. The summed E-state index contributed by atoms with van der Waals surface area (Å²) in [5.41, 5.74) is 6.72. The smallest absolute Gasteiger partial charge is 0.227 e. The first-order valence-electron chi connectivity index (χ1n) is 5.96. The van der Waals surface area contributed by atoms with Gasteiger partial charge >= 0.3 is 0 Å². The number of rotatable bonds is 3. The molecule has 6 heteroatoms. The van der Waals surface area contributed by atoms with E-state index in [2.05, 4.69) is 15.9 Å². The third-order valence-electron chi connectivity index (χ3n) is 3.17. The Morgan fingerprint density at radius 2 is 2.32 bits per heavy atom. The summed E-state index contributed by atoms with van der Waals surface area (Å²) < 4.78 is 6.23. The second kappa shape index (κ2) is 7.12. The van der Waals surface area contributed by atoms with E-state index in [0.717, 1.165) is 28.8 Å². The molecule has 1 fully saturated rings. The van der Waals surface area contributed by atoms with Crippen molar-refractivity contribution in [2.75, 3.05) is 20.2 Å². The fourth-order valence-electron chi connectivity index (χ4n) is 2.15. The van der Waals surface area contributed by atoms with Gasteiger partial charge in [-0.2, -0.15) is 0 Å². The first kappa shape index (κ1) is 16.3. The number of nitrogens with zero attached hydrogens (tertiary/aromatic N) is 1. The first-order valence-corrected chi connectivity index (χ1v) is 6.75. The maximum atomic E-state index is 12.1. The summed E-state index contributed by atoms with van der Waals surface area (Å²) in [7, 11) is 1.61. The third-order valence-corrected chi connectivity index (χ3v) is 3.66. The van der Waals surface area contributed by atoms with Crippen molar-refractivity contribution in [3.8, 4) is 5.75 Å². The molecule has 1 heterocycles. The molecule has 2 N–H and O–H groups in total. The summed E-state index contributed by atoms with van der Waals surface area (Å²) in [4.78, 5) is 13.9. The molecule has 4 nitrogen and oxygen atoms in total. The standard InChI is InChI=1S/C13H17BrN2O2.ClH/c1-18-12-7-10(14)3-2-9(12)6-13(17)16-5-4-11(15)8-16;/h2-3,7,11H,4-6,8,15H2,1H3;1H. The number of hydrogen-bond donors (Lipinski definition) is 1. The summed E-state index contributed by atoms with van der Waals surface area (Å²) in [6, 6.07) is 5.83. The Balaban J connectivity index is 0.00000180. The Hall–Kier alpha value is -0.780. The summed E-state index contributed by atoms with van der Waals surface area (Å²) in [5.74, 6) is 0.852. The lowest BCUT2D eigenvalue weighted by molar-refractivity contribution is -0.129.